The minimum absolute atomic E-state index is 0.0206. The predicted octanol–water partition coefficient (Wildman–Crippen LogP) is 5.61. The second-order valence-electron chi connectivity index (χ2n) is 9.00. The summed E-state index contributed by atoms with van der Waals surface area (Å²) in [5, 5.41) is 11.3. The quantitative estimate of drug-likeness (QED) is 0.246. The zero-order chi connectivity index (χ0) is 26.7. The molecule has 6 nitrogen and oxygen atoms in total. The van der Waals surface area contributed by atoms with Crippen molar-refractivity contribution in [1.29, 1.82) is 0 Å². The summed E-state index contributed by atoms with van der Waals surface area (Å²) >= 11 is 0. The van der Waals surface area contributed by atoms with Crippen LogP contribution in [0.4, 0.5) is 10.1 Å². The number of ketones is 1. The number of ether oxygens (including phenoxy) is 1. The fourth-order valence-corrected chi connectivity index (χ4v) is 4.81. The second-order valence-corrected chi connectivity index (χ2v) is 9.00. The average Bonchev–Trinajstić information content (AvgIpc) is 3.15. The van der Waals surface area contributed by atoms with Crippen LogP contribution in [0.3, 0.4) is 0 Å². The van der Waals surface area contributed by atoms with E-state index in [4.69, 9.17) is 4.74 Å². The number of methoxy groups -OCH3 is 1. The van der Waals surface area contributed by atoms with Crippen molar-refractivity contribution in [2.45, 2.75) is 33.4 Å². The molecular weight excluding hydrogens is 471 g/mol. The lowest BCUT2D eigenvalue weighted by molar-refractivity contribution is -0.140. The van der Waals surface area contributed by atoms with E-state index in [9.17, 15) is 19.1 Å². The molecule has 3 aromatic rings. The molecule has 1 aliphatic heterocycles. The van der Waals surface area contributed by atoms with Gasteiger partial charge in [0.1, 0.15) is 17.3 Å². The maximum atomic E-state index is 13.5. The Morgan fingerprint density at radius 3 is 2.22 bits per heavy atom. The average molecular weight is 503 g/mol. The van der Waals surface area contributed by atoms with Gasteiger partial charge in [0.15, 0.2) is 0 Å². The van der Waals surface area contributed by atoms with Crippen LogP contribution in [0.2, 0.25) is 0 Å². The number of carbonyl (C=O) groups is 2. The summed E-state index contributed by atoms with van der Waals surface area (Å²) in [6.45, 7) is 7.76. The molecule has 7 heteroatoms. The third-order valence-electron chi connectivity index (χ3n) is 6.81. The molecule has 1 atom stereocenters. The van der Waals surface area contributed by atoms with Gasteiger partial charge in [0.05, 0.1) is 18.7 Å². The molecule has 1 fully saturated rings. The zero-order valence-corrected chi connectivity index (χ0v) is 21.5. The fraction of sp³-hybridized carbons (Fsp3) is 0.267. The molecule has 1 unspecified atom stereocenters. The van der Waals surface area contributed by atoms with Gasteiger partial charge in [-0.15, -0.1) is 0 Å². The Kier molecular flexibility index (Phi) is 7.62. The molecule has 1 aliphatic rings. The number of anilines is 1. The van der Waals surface area contributed by atoms with E-state index in [0.717, 1.165) is 24.3 Å². The van der Waals surface area contributed by atoms with Crippen LogP contribution < -0.4 is 9.64 Å². The van der Waals surface area contributed by atoms with Gasteiger partial charge in [-0.1, -0.05) is 24.3 Å². The first-order chi connectivity index (χ1) is 17.8. The molecule has 3 aromatic carbocycles. The Morgan fingerprint density at radius 2 is 1.65 bits per heavy atom. The van der Waals surface area contributed by atoms with Gasteiger partial charge in [0, 0.05) is 30.9 Å². The van der Waals surface area contributed by atoms with Crippen LogP contribution in [-0.2, 0) is 16.1 Å². The number of likely N-dealkylation sites (tertiary alicyclic amines) is 1. The van der Waals surface area contributed by atoms with Crippen molar-refractivity contribution in [1.82, 2.24) is 4.90 Å². The Labute approximate surface area is 216 Å². The number of rotatable bonds is 8. The van der Waals surface area contributed by atoms with Gasteiger partial charge in [0.25, 0.3) is 11.7 Å². The monoisotopic (exact) mass is 502 g/mol. The molecule has 0 bridgehead atoms. The number of aryl methyl sites for hydroxylation is 1. The maximum Gasteiger partial charge on any atom is 0.295 e. The van der Waals surface area contributed by atoms with E-state index in [1.807, 2.05) is 31.2 Å². The first kappa shape index (κ1) is 25.9. The molecule has 0 aromatic heterocycles. The summed E-state index contributed by atoms with van der Waals surface area (Å²) in [5.74, 6) is -1.45. The van der Waals surface area contributed by atoms with Crippen LogP contribution in [-0.4, -0.2) is 41.9 Å². The van der Waals surface area contributed by atoms with Gasteiger partial charge < -0.3 is 19.6 Å². The molecule has 1 heterocycles. The molecule has 0 radical (unpaired) electrons. The smallest absolute Gasteiger partial charge is 0.295 e. The predicted molar refractivity (Wildman–Crippen MR) is 142 cm³/mol. The van der Waals surface area contributed by atoms with Crippen LogP contribution in [0.25, 0.3) is 5.76 Å². The summed E-state index contributed by atoms with van der Waals surface area (Å²) in [6.07, 6.45) is 0. The normalized spacial score (nSPS) is 16.8. The second kappa shape index (κ2) is 10.9. The molecule has 4 rings (SSSR count). The Balaban J connectivity index is 1.84. The highest BCUT2D eigenvalue weighted by Crippen LogP contribution is 2.41. The SMILES string of the molecule is CCN(CC)c1ccc(C2/C(=C(/O)c3ccc(OC)c(C)c3)C(=O)C(=O)N2Cc2ccc(F)cc2)cc1. The number of carbonyl (C=O) groups excluding carboxylic acids is 2. The van der Waals surface area contributed by atoms with E-state index in [2.05, 4.69) is 18.7 Å². The topological polar surface area (TPSA) is 70.1 Å². The van der Waals surface area contributed by atoms with Crippen LogP contribution in [0.1, 0.15) is 42.1 Å². The molecule has 1 N–H and O–H groups in total. The van der Waals surface area contributed by atoms with E-state index < -0.39 is 17.7 Å². The fourth-order valence-electron chi connectivity index (χ4n) is 4.81. The third-order valence-corrected chi connectivity index (χ3v) is 6.81. The first-order valence-electron chi connectivity index (χ1n) is 12.3. The van der Waals surface area contributed by atoms with Gasteiger partial charge in [-0.25, -0.2) is 4.39 Å². The largest absolute Gasteiger partial charge is 0.507 e. The van der Waals surface area contributed by atoms with Crippen molar-refractivity contribution < 1.29 is 23.8 Å². The summed E-state index contributed by atoms with van der Waals surface area (Å²) < 4.78 is 18.8. The van der Waals surface area contributed by atoms with E-state index >= 15 is 0 Å². The highest BCUT2D eigenvalue weighted by molar-refractivity contribution is 6.46. The van der Waals surface area contributed by atoms with Crippen molar-refractivity contribution in [3.8, 4) is 5.75 Å². The van der Waals surface area contributed by atoms with Crippen LogP contribution >= 0.6 is 0 Å². The summed E-state index contributed by atoms with van der Waals surface area (Å²) in [6, 6.07) is 17.8. The number of amides is 1. The Hall–Kier alpha value is -4.13. The van der Waals surface area contributed by atoms with E-state index in [1.165, 1.54) is 17.0 Å². The van der Waals surface area contributed by atoms with Crippen LogP contribution in [0.5, 0.6) is 5.75 Å². The molecule has 1 saturated heterocycles. The molecule has 1 amide bonds. The summed E-state index contributed by atoms with van der Waals surface area (Å²) in [4.78, 5) is 30.2. The minimum atomic E-state index is -0.807. The van der Waals surface area contributed by atoms with Gasteiger partial charge in [0.2, 0.25) is 0 Å². The highest BCUT2D eigenvalue weighted by Gasteiger charge is 2.46. The summed E-state index contributed by atoms with van der Waals surface area (Å²) in [7, 11) is 1.56. The molecular formula is C30H31FN2O4. The molecule has 0 spiro atoms. The van der Waals surface area contributed by atoms with Crippen LogP contribution in [0.15, 0.2) is 72.3 Å². The van der Waals surface area contributed by atoms with Crippen molar-refractivity contribution in [3.63, 3.8) is 0 Å². The van der Waals surface area contributed by atoms with Crippen molar-refractivity contribution >= 4 is 23.1 Å². The van der Waals surface area contributed by atoms with Crippen LogP contribution in [0, 0.1) is 12.7 Å². The van der Waals surface area contributed by atoms with E-state index in [1.54, 1.807) is 37.4 Å². The van der Waals surface area contributed by atoms with Gasteiger partial charge >= 0.3 is 0 Å². The van der Waals surface area contributed by atoms with E-state index in [0.29, 0.717) is 22.4 Å². The molecule has 192 valence electrons. The number of hydrogen-bond donors (Lipinski definition) is 1. The van der Waals surface area contributed by atoms with Crippen molar-refractivity contribution in [2.75, 3.05) is 25.1 Å². The Morgan fingerprint density at radius 1 is 1.00 bits per heavy atom. The third kappa shape index (κ3) is 5.07. The number of nitrogens with zero attached hydrogens (tertiary/aromatic N) is 2. The van der Waals surface area contributed by atoms with Crippen molar-refractivity contribution in [2.24, 2.45) is 0 Å². The maximum absolute atomic E-state index is 13.5. The van der Waals surface area contributed by atoms with Gasteiger partial charge in [-0.05, 0) is 79.9 Å². The molecule has 37 heavy (non-hydrogen) atoms. The number of halogens is 1. The van der Waals surface area contributed by atoms with Gasteiger partial charge in [-0.2, -0.15) is 0 Å². The van der Waals surface area contributed by atoms with Crippen molar-refractivity contribution in [3.05, 3.63) is 100 Å². The van der Waals surface area contributed by atoms with Gasteiger partial charge in [-0.3, -0.25) is 9.59 Å². The minimum Gasteiger partial charge on any atom is -0.507 e. The lowest BCUT2D eigenvalue weighted by Gasteiger charge is -2.27. The molecule has 0 saturated carbocycles. The number of aliphatic hydroxyl groups excluding tert-OH is 1. The zero-order valence-electron chi connectivity index (χ0n) is 21.5. The number of aliphatic hydroxyl groups is 1. The summed E-state index contributed by atoms with van der Waals surface area (Å²) in [5.41, 5.74) is 3.62. The van der Waals surface area contributed by atoms with E-state index in [-0.39, 0.29) is 23.7 Å². The number of Topliss-reactive ketones (excluding diaryl/α,β-unsaturated/α-hetero) is 1. The standard InChI is InChI=1S/C30H31FN2O4/c1-5-32(6-2)24-14-9-21(10-15-24)27-26(28(34)22-11-16-25(37-4)19(3)17-22)29(35)30(36)33(27)18-20-7-12-23(31)13-8-20/h7-17,27,34H,5-6,18H2,1-4H3/b28-26-. The number of benzene rings is 3. The lowest BCUT2D eigenvalue weighted by atomic mass is 9.94. The number of hydrogen-bond acceptors (Lipinski definition) is 5. The highest BCUT2D eigenvalue weighted by atomic mass is 19.1. The lowest BCUT2D eigenvalue weighted by Crippen LogP contribution is -2.29. The molecule has 0 aliphatic carbocycles. The first-order valence-corrected chi connectivity index (χ1v) is 12.3. The Bertz CT molecular complexity index is 1330.